The van der Waals surface area contributed by atoms with Crippen LogP contribution in [0.3, 0.4) is 0 Å². The third-order valence-corrected chi connectivity index (χ3v) is 6.33. The minimum absolute atomic E-state index is 0.127. The Kier molecular flexibility index (Phi) is 0.569. The predicted molar refractivity (Wildman–Crippen MR) is 43.2 cm³/mol. The molecule has 0 aromatic heterocycles. The van der Waals surface area contributed by atoms with Gasteiger partial charge in [0.2, 0.25) is 0 Å². The highest BCUT2D eigenvalue weighted by atomic mass is 16.3. The van der Waals surface area contributed by atoms with Crippen LogP contribution in [0, 0.1) is 41.4 Å². The lowest BCUT2D eigenvalue weighted by atomic mass is 9.69. The number of hydrogen-bond donors (Lipinski definition) is 1. The summed E-state index contributed by atoms with van der Waals surface area (Å²) in [6.45, 7) is 0. The van der Waals surface area contributed by atoms with Gasteiger partial charge in [-0.05, 0) is 60.7 Å². The van der Waals surface area contributed by atoms with Gasteiger partial charge in [-0.1, -0.05) is 0 Å². The van der Waals surface area contributed by atoms with Gasteiger partial charge in [0.15, 0.2) is 0 Å². The first-order valence-electron chi connectivity index (χ1n) is 5.53. The van der Waals surface area contributed by atoms with Crippen molar-refractivity contribution in [2.24, 2.45) is 41.4 Å². The zero-order chi connectivity index (χ0) is 7.66. The molecule has 12 heavy (non-hydrogen) atoms. The SMILES string of the molecule is O[C@@]12C[C@H]3[C@H]4C[C@H]5[C@H](C[C@@H]1[C@H]35)[C@H]42. The maximum absolute atomic E-state index is 10.5. The summed E-state index contributed by atoms with van der Waals surface area (Å²) in [6, 6.07) is 0. The van der Waals surface area contributed by atoms with Gasteiger partial charge in [-0.2, -0.15) is 0 Å². The molecule has 0 amide bonds. The van der Waals surface area contributed by atoms with E-state index in [1.807, 2.05) is 0 Å². The molecule has 1 heteroatoms. The highest BCUT2D eigenvalue weighted by Crippen LogP contribution is 2.83. The first kappa shape index (κ1) is 5.64. The standard InChI is InChI=1S/C11H14O/c12-11-3-7-5-1-4-6(10(5)11)2-8(11)9(4)7/h4-10,12H,1-3H2/t4-,5+,6-,7-,8+,9-,10-,11-/m0/s1. The second-order valence-electron chi connectivity index (χ2n) is 6.03. The summed E-state index contributed by atoms with van der Waals surface area (Å²) in [5, 5.41) is 10.5. The number of rotatable bonds is 0. The first-order valence-corrected chi connectivity index (χ1v) is 5.53. The number of hydrogen-bond acceptors (Lipinski definition) is 1. The quantitative estimate of drug-likeness (QED) is 0.568. The van der Waals surface area contributed by atoms with Gasteiger partial charge < -0.3 is 5.11 Å². The van der Waals surface area contributed by atoms with Gasteiger partial charge in [-0.3, -0.25) is 0 Å². The van der Waals surface area contributed by atoms with Gasteiger partial charge in [-0.15, -0.1) is 0 Å². The van der Waals surface area contributed by atoms with Crippen molar-refractivity contribution in [3.8, 4) is 0 Å². The maximum Gasteiger partial charge on any atom is 0.0715 e. The van der Waals surface area contributed by atoms with Crippen LogP contribution < -0.4 is 0 Å². The molecule has 0 aliphatic heterocycles. The van der Waals surface area contributed by atoms with Crippen molar-refractivity contribution in [2.45, 2.75) is 24.9 Å². The monoisotopic (exact) mass is 162 g/mol. The normalized spacial score (nSPS) is 85.2. The molecule has 8 atom stereocenters. The molecule has 64 valence electrons. The topological polar surface area (TPSA) is 20.2 Å². The molecule has 6 aliphatic rings. The van der Waals surface area contributed by atoms with E-state index in [2.05, 4.69) is 0 Å². The van der Waals surface area contributed by atoms with Crippen molar-refractivity contribution >= 4 is 0 Å². The summed E-state index contributed by atoms with van der Waals surface area (Å²) in [5.41, 5.74) is -0.127. The molecule has 1 nitrogen and oxygen atoms in total. The van der Waals surface area contributed by atoms with Crippen LogP contribution in [0.5, 0.6) is 0 Å². The minimum Gasteiger partial charge on any atom is -0.389 e. The van der Waals surface area contributed by atoms with Crippen LogP contribution in [0.15, 0.2) is 0 Å². The Labute approximate surface area is 72.2 Å². The molecule has 1 N–H and O–H groups in total. The van der Waals surface area contributed by atoms with Crippen molar-refractivity contribution in [1.29, 1.82) is 0 Å². The molecule has 6 fully saturated rings. The third kappa shape index (κ3) is 0.285. The molecule has 6 bridgehead atoms. The van der Waals surface area contributed by atoms with E-state index in [0.29, 0.717) is 0 Å². The van der Waals surface area contributed by atoms with Gasteiger partial charge >= 0.3 is 0 Å². The zero-order valence-electron chi connectivity index (χ0n) is 7.11. The van der Waals surface area contributed by atoms with Crippen molar-refractivity contribution in [3.05, 3.63) is 0 Å². The van der Waals surface area contributed by atoms with E-state index in [1.165, 1.54) is 19.3 Å². The Balaban J connectivity index is 1.93. The summed E-state index contributed by atoms with van der Waals surface area (Å²) in [6.07, 6.45) is 4.11. The molecule has 6 aliphatic carbocycles. The Hall–Kier alpha value is -0.0400. The summed E-state index contributed by atoms with van der Waals surface area (Å²) >= 11 is 0. The average Bonchev–Trinajstić information content (AvgIpc) is 2.55. The van der Waals surface area contributed by atoms with E-state index in [0.717, 1.165) is 41.4 Å². The lowest BCUT2D eigenvalue weighted by Gasteiger charge is -2.39. The van der Waals surface area contributed by atoms with Crippen LogP contribution in [-0.4, -0.2) is 10.7 Å². The molecule has 0 aromatic rings. The second kappa shape index (κ2) is 1.21. The highest BCUT2D eigenvalue weighted by Gasteiger charge is 2.82. The second-order valence-corrected chi connectivity index (χ2v) is 6.03. The highest BCUT2D eigenvalue weighted by molar-refractivity contribution is 5.31. The van der Waals surface area contributed by atoms with Crippen LogP contribution in [0.1, 0.15) is 19.3 Å². The van der Waals surface area contributed by atoms with Crippen molar-refractivity contribution in [2.75, 3.05) is 0 Å². The Morgan fingerprint density at radius 2 is 1.83 bits per heavy atom. The predicted octanol–water partition coefficient (Wildman–Crippen LogP) is 1.27. The molecule has 0 spiro atoms. The molecule has 0 heterocycles. The molecular formula is C11H14O. The van der Waals surface area contributed by atoms with Crippen LogP contribution >= 0.6 is 0 Å². The molecule has 6 rings (SSSR count). The fourth-order valence-corrected chi connectivity index (χ4v) is 6.55. The molecule has 6 saturated carbocycles. The van der Waals surface area contributed by atoms with Gasteiger partial charge in [0, 0.05) is 0 Å². The summed E-state index contributed by atoms with van der Waals surface area (Å²) in [7, 11) is 0. The van der Waals surface area contributed by atoms with E-state index in [1.54, 1.807) is 0 Å². The molecule has 0 saturated heterocycles. The van der Waals surface area contributed by atoms with Gasteiger partial charge in [0.1, 0.15) is 0 Å². The summed E-state index contributed by atoms with van der Waals surface area (Å²) in [4.78, 5) is 0. The number of aliphatic hydroxyl groups is 1. The Morgan fingerprint density at radius 1 is 1.00 bits per heavy atom. The molecule has 0 unspecified atom stereocenters. The largest absolute Gasteiger partial charge is 0.389 e. The molecule has 0 radical (unpaired) electrons. The van der Waals surface area contributed by atoms with Gasteiger partial charge in [0.25, 0.3) is 0 Å². The fourth-order valence-electron chi connectivity index (χ4n) is 6.55. The first-order chi connectivity index (χ1) is 5.81. The minimum atomic E-state index is -0.127. The van der Waals surface area contributed by atoms with Crippen molar-refractivity contribution in [1.82, 2.24) is 0 Å². The molecular weight excluding hydrogens is 148 g/mol. The Bertz CT molecular complexity index is 297. The van der Waals surface area contributed by atoms with Crippen molar-refractivity contribution < 1.29 is 5.11 Å². The maximum atomic E-state index is 10.5. The van der Waals surface area contributed by atoms with Crippen LogP contribution in [0.2, 0.25) is 0 Å². The zero-order valence-corrected chi connectivity index (χ0v) is 7.11. The van der Waals surface area contributed by atoms with Crippen LogP contribution in [0.25, 0.3) is 0 Å². The van der Waals surface area contributed by atoms with E-state index in [9.17, 15) is 5.11 Å². The van der Waals surface area contributed by atoms with Crippen molar-refractivity contribution in [3.63, 3.8) is 0 Å². The van der Waals surface area contributed by atoms with E-state index in [4.69, 9.17) is 0 Å². The van der Waals surface area contributed by atoms with E-state index >= 15 is 0 Å². The van der Waals surface area contributed by atoms with Gasteiger partial charge in [0.05, 0.1) is 5.60 Å². The average molecular weight is 162 g/mol. The van der Waals surface area contributed by atoms with Gasteiger partial charge in [-0.25, -0.2) is 0 Å². The summed E-state index contributed by atoms with van der Waals surface area (Å²) in [5.74, 6) is 6.56. The lowest BCUT2D eigenvalue weighted by Crippen LogP contribution is -2.43. The molecule has 0 aromatic carbocycles. The Morgan fingerprint density at radius 3 is 2.67 bits per heavy atom. The smallest absolute Gasteiger partial charge is 0.0715 e. The van der Waals surface area contributed by atoms with Crippen LogP contribution in [-0.2, 0) is 0 Å². The van der Waals surface area contributed by atoms with E-state index < -0.39 is 0 Å². The van der Waals surface area contributed by atoms with Crippen LogP contribution in [0.4, 0.5) is 0 Å². The fraction of sp³-hybridized carbons (Fsp3) is 1.00. The third-order valence-electron chi connectivity index (χ3n) is 6.33. The lowest BCUT2D eigenvalue weighted by molar-refractivity contribution is -0.0539. The van der Waals surface area contributed by atoms with E-state index in [-0.39, 0.29) is 5.60 Å². The summed E-state index contributed by atoms with van der Waals surface area (Å²) < 4.78 is 0.